The van der Waals surface area contributed by atoms with Crippen LogP contribution in [0.1, 0.15) is 32.6 Å². The molecule has 12 heavy (non-hydrogen) atoms. The van der Waals surface area contributed by atoms with Gasteiger partial charge in [-0.3, -0.25) is 4.79 Å². The molecule has 2 heteroatoms. The van der Waals surface area contributed by atoms with E-state index in [1.165, 1.54) is 0 Å². The third-order valence-electron chi connectivity index (χ3n) is 2.41. The van der Waals surface area contributed by atoms with E-state index in [-0.39, 0.29) is 11.8 Å². The van der Waals surface area contributed by atoms with E-state index < -0.39 is 5.97 Å². The minimum Gasteiger partial charge on any atom is -0.481 e. The summed E-state index contributed by atoms with van der Waals surface area (Å²) in [5, 5.41) is 8.87. The Kier molecular flexibility index (Phi) is 3.16. The molecule has 0 spiro atoms. The van der Waals surface area contributed by atoms with Crippen molar-refractivity contribution < 1.29 is 9.90 Å². The summed E-state index contributed by atoms with van der Waals surface area (Å²) in [5.41, 5.74) is 0. The molecule has 0 heterocycles. The summed E-state index contributed by atoms with van der Waals surface area (Å²) in [6.07, 6.45) is 3.93. The lowest BCUT2D eigenvalue weighted by molar-refractivity contribution is -0.143. The molecule has 2 nitrogen and oxygen atoms in total. The lowest BCUT2D eigenvalue weighted by atomic mass is 9.80. The molecule has 0 radical (unpaired) electrons. The van der Waals surface area contributed by atoms with Crippen LogP contribution in [0.3, 0.4) is 0 Å². The minimum absolute atomic E-state index is 0.0984. The van der Waals surface area contributed by atoms with Gasteiger partial charge in [0.2, 0.25) is 0 Å². The Balaban J connectivity index is 2.64. The molecule has 0 amide bonds. The highest BCUT2D eigenvalue weighted by atomic mass is 16.4. The van der Waals surface area contributed by atoms with E-state index in [0.717, 1.165) is 25.7 Å². The van der Waals surface area contributed by atoms with Crippen molar-refractivity contribution in [1.82, 2.24) is 0 Å². The highest BCUT2D eigenvalue weighted by Crippen LogP contribution is 2.29. The first-order chi connectivity index (χ1) is 5.75. The van der Waals surface area contributed by atoms with Gasteiger partial charge >= 0.3 is 5.97 Å². The van der Waals surface area contributed by atoms with Crippen molar-refractivity contribution in [3.05, 3.63) is 0 Å². The van der Waals surface area contributed by atoms with Gasteiger partial charge in [0.05, 0.1) is 5.92 Å². The molecule has 1 aliphatic carbocycles. The number of aliphatic carboxylic acids is 1. The first-order valence-electron chi connectivity index (χ1n) is 4.40. The van der Waals surface area contributed by atoms with Crippen LogP contribution in [-0.4, -0.2) is 11.1 Å². The fourth-order valence-corrected chi connectivity index (χ4v) is 1.78. The van der Waals surface area contributed by atoms with Gasteiger partial charge in [-0.1, -0.05) is 18.8 Å². The lowest BCUT2D eigenvalue weighted by Gasteiger charge is -2.23. The maximum Gasteiger partial charge on any atom is 0.307 e. The fourth-order valence-electron chi connectivity index (χ4n) is 1.78. The second-order valence-corrected chi connectivity index (χ2v) is 3.23. The number of carboxylic acid groups (broad SMARTS) is 1. The minimum atomic E-state index is -0.678. The average Bonchev–Trinajstić information content (AvgIpc) is 2.05. The molecule has 1 N–H and O–H groups in total. The predicted octanol–water partition coefficient (Wildman–Crippen LogP) is 1.90. The molecule has 0 aromatic carbocycles. The van der Waals surface area contributed by atoms with E-state index in [4.69, 9.17) is 5.11 Å². The van der Waals surface area contributed by atoms with Crippen LogP contribution >= 0.6 is 0 Å². The van der Waals surface area contributed by atoms with Crippen LogP contribution in [0, 0.1) is 23.7 Å². The van der Waals surface area contributed by atoms with E-state index >= 15 is 0 Å². The summed E-state index contributed by atoms with van der Waals surface area (Å²) >= 11 is 0. The van der Waals surface area contributed by atoms with Crippen molar-refractivity contribution in [3.63, 3.8) is 0 Å². The Morgan fingerprint density at radius 1 is 1.42 bits per heavy atom. The van der Waals surface area contributed by atoms with Gasteiger partial charge in [-0.15, -0.1) is 5.92 Å². The molecular formula is C10H14O2. The zero-order valence-electron chi connectivity index (χ0n) is 7.34. The molecule has 1 fully saturated rings. The summed E-state index contributed by atoms with van der Waals surface area (Å²) < 4.78 is 0. The molecular weight excluding hydrogens is 152 g/mol. The Morgan fingerprint density at radius 3 is 2.67 bits per heavy atom. The molecule has 2 atom stereocenters. The van der Waals surface area contributed by atoms with Crippen LogP contribution in [0.25, 0.3) is 0 Å². The van der Waals surface area contributed by atoms with Crippen molar-refractivity contribution >= 4 is 5.97 Å². The molecule has 0 saturated heterocycles. The molecule has 66 valence electrons. The average molecular weight is 166 g/mol. The largest absolute Gasteiger partial charge is 0.481 e. The third kappa shape index (κ3) is 2.01. The molecule has 1 saturated carbocycles. The summed E-state index contributed by atoms with van der Waals surface area (Å²) in [7, 11) is 0. The van der Waals surface area contributed by atoms with Crippen LogP contribution in [-0.2, 0) is 4.79 Å². The number of hydrogen-bond donors (Lipinski definition) is 1. The summed E-state index contributed by atoms with van der Waals surface area (Å²) in [6.45, 7) is 1.77. The van der Waals surface area contributed by atoms with Crippen molar-refractivity contribution in [2.24, 2.45) is 11.8 Å². The van der Waals surface area contributed by atoms with Gasteiger partial charge in [-0.25, -0.2) is 0 Å². The smallest absolute Gasteiger partial charge is 0.307 e. The van der Waals surface area contributed by atoms with Crippen molar-refractivity contribution in [2.45, 2.75) is 32.6 Å². The first-order valence-corrected chi connectivity index (χ1v) is 4.40. The normalized spacial score (nSPS) is 28.8. The van der Waals surface area contributed by atoms with Crippen molar-refractivity contribution in [3.8, 4) is 11.8 Å². The molecule has 0 aromatic rings. The van der Waals surface area contributed by atoms with Crippen molar-refractivity contribution in [2.75, 3.05) is 0 Å². The second kappa shape index (κ2) is 4.15. The molecule has 2 unspecified atom stereocenters. The van der Waals surface area contributed by atoms with Gasteiger partial charge in [-0.2, -0.15) is 0 Å². The van der Waals surface area contributed by atoms with Gasteiger partial charge in [0, 0.05) is 5.92 Å². The number of rotatable bonds is 1. The highest BCUT2D eigenvalue weighted by Gasteiger charge is 2.29. The summed E-state index contributed by atoms with van der Waals surface area (Å²) in [6, 6.07) is 0. The second-order valence-electron chi connectivity index (χ2n) is 3.23. The van der Waals surface area contributed by atoms with Crippen molar-refractivity contribution in [1.29, 1.82) is 0 Å². The molecule has 0 bridgehead atoms. The molecule has 0 aromatic heterocycles. The SMILES string of the molecule is CC#CC1CCCCC1C(=O)O. The van der Waals surface area contributed by atoms with Crippen LogP contribution in [0.2, 0.25) is 0 Å². The maximum atomic E-state index is 10.8. The molecule has 1 rings (SSSR count). The summed E-state index contributed by atoms with van der Waals surface area (Å²) in [4.78, 5) is 10.8. The van der Waals surface area contributed by atoms with Crippen LogP contribution in [0.15, 0.2) is 0 Å². The van der Waals surface area contributed by atoms with Gasteiger partial charge in [0.25, 0.3) is 0 Å². The Morgan fingerprint density at radius 2 is 2.08 bits per heavy atom. The zero-order valence-corrected chi connectivity index (χ0v) is 7.34. The quantitative estimate of drug-likeness (QED) is 0.604. The third-order valence-corrected chi connectivity index (χ3v) is 2.41. The number of hydrogen-bond acceptors (Lipinski definition) is 1. The van der Waals surface area contributed by atoms with E-state index in [2.05, 4.69) is 11.8 Å². The fraction of sp³-hybridized carbons (Fsp3) is 0.700. The monoisotopic (exact) mass is 166 g/mol. The lowest BCUT2D eigenvalue weighted by Crippen LogP contribution is -2.25. The molecule has 1 aliphatic rings. The topological polar surface area (TPSA) is 37.3 Å². The standard InChI is InChI=1S/C10H14O2/c1-2-5-8-6-3-4-7-9(8)10(11)12/h8-9H,3-4,6-7H2,1H3,(H,11,12). The van der Waals surface area contributed by atoms with Gasteiger partial charge in [0.1, 0.15) is 0 Å². The Labute approximate surface area is 73.0 Å². The first kappa shape index (κ1) is 9.12. The summed E-state index contributed by atoms with van der Waals surface area (Å²) in [5.74, 6) is 5.00. The maximum absolute atomic E-state index is 10.8. The van der Waals surface area contributed by atoms with Gasteiger partial charge in [0.15, 0.2) is 0 Å². The van der Waals surface area contributed by atoms with Gasteiger partial charge < -0.3 is 5.11 Å². The highest BCUT2D eigenvalue weighted by molar-refractivity contribution is 5.71. The molecule has 0 aliphatic heterocycles. The van der Waals surface area contributed by atoms with Crippen LogP contribution in [0.4, 0.5) is 0 Å². The Hall–Kier alpha value is -0.970. The van der Waals surface area contributed by atoms with E-state index in [0.29, 0.717) is 0 Å². The van der Waals surface area contributed by atoms with E-state index in [9.17, 15) is 4.79 Å². The van der Waals surface area contributed by atoms with E-state index in [1.54, 1.807) is 6.92 Å². The zero-order chi connectivity index (χ0) is 8.97. The number of carbonyl (C=O) groups is 1. The predicted molar refractivity (Wildman–Crippen MR) is 46.5 cm³/mol. The van der Waals surface area contributed by atoms with Crippen LogP contribution < -0.4 is 0 Å². The number of carboxylic acids is 1. The van der Waals surface area contributed by atoms with E-state index in [1.807, 2.05) is 0 Å². The Bertz CT molecular complexity index is 222. The van der Waals surface area contributed by atoms with Gasteiger partial charge in [-0.05, 0) is 19.8 Å². The van der Waals surface area contributed by atoms with Crippen LogP contribution in [0.5, 0.6) is 0 Å².